The lowest BCUT2D eigenvalue weighted by Gasteiger charge is -2.16. The van der Waals surface area contributed by atoms with E-state index < -0.39 is 0 Å². The van der Waals surface area contributed by atoms with Gasteiger partial charge in [-0.25, -0.2) is 0 Å². The Hall–Kier alpha value is -1.05. The van der Waals surface area contributed by atoms with Crippen LogP contribution in [0.1, 0.15) is 20.3 Å². The molecule has 1 rings (SSSR count). The molecule has 0 radical (unpaired) electrons. The van der Waals surface area contributed by atoms with Gasteiger partial charge in [0.1, 0.15) is 0 Å². The molecule has 1 atom stereocenters. The summed E-state index contributed by atoms with van der Waals surface area (Å²) in [6.45, 7) is 3.64. The number of carbonyl (C=O) groups excluding carboxylic acids is 1. The highest BCUT2D eigenvalue weighted by atomic mass is 16.1. The summed E-state index contributed by atoms with van der Waals surface area (Å²) in [5.74, 6) is 0.460. The van der Waals surface area contributed by atoms with Gasteiger partial charge in [0.05, 0.1) is 0 Å². The van der Waals surface area contributed by atoms with Crippen LogP contribution in [0.4, 0.5) is 0 Å². The largest absolute Gasteiger partial charge is 0.330 e. The van der Waals surface area contributed by atoms with E-state index in [1.165, 1.54) is 6.92 Å². The fraction of sp³-hybridized carbons (Fsp3) is 0.444. The summed E-state index contributed by atoms with van der Waals surface area (Å²) >= 11 is 0. The van der Waals surface area contributed by atoms with Crippen molar-refractivity contribution in [1.82, 2.24) is 5.32 Å². The Morgan fingerprint density at radius 1 is 1.73 bits per heavy atom. The molecule has 1 amide bonds. The number of allylic oxidation sites excluding steroid dienone is 4. The summed E-state index contributed by atoms with van der Waals surface area (Å²) in [7, 11) is 0. The molecule has 0 bridgehead atoms. The van der Waals surface area contributed by atoms with Crippen LogP contribution in [0, 0.1) is 5.92 Å². The Morgan fingerprint density at radius 2 is 2.45 bits per heavy atom. The number of nitrogens with one attached hydrogen (secondary N) is 1. The van der Waals surface area contributed by atoms with E-state index in [2.05, 4.69) is 18.3 Å². The van der Waals surface area contributed by atoms with Crippen molar-refractivity contribution in [3.05, 3.63) is 23.9 Å². The first-order valence-corrected chi connectivity index (χ1v) is 3.84. The molecule has 1 aliphatic rings. The van der Waals surface area contributed by atoms with Gasteiger partial charge in [-0.3, -0.25) is 4.79 Å². The first-order chi connectivity index (χ1) is 5.20. The van der Waals surface area contributed by atoms with Gasteiger partial charge >= 0.3 is 0 Å². The first-order valence-electron chi connectivity index (χ1n) is 3.84. The third-order valence-corrected chi connectivity index (χ3v) is 1.75. The highest BCUT2D eigenvalue weighted by molar-refractivity contribution is 5.75. The number of amides is 1. The lowest BCUT2D eigenvalue weighted by Crippen LogP contribution is -2.24. The van der Waals surface area contributed by atoms with Crippen LogP contribution < -0.4 is 5.32 Å². The molecule has 1 unspecified atom stereocenters. The molecule has 0 heterocycles. The zero-order valence-corrected chi connectivity index (χ0v) is 6.92. The smallest absolute Gasteiger partial charge is 0.221 e. The molecule has 11 heavy (non-hydrogen) atoms. The summed E-state index contributed by atoms with van der Waals surface area (Å²) in [5.41, 5.74) is 1.03. The third kappa shape index (κ3) is 2.22. The van der Waals surface area contributed by atoms with Crippen LogP contribution in [0.2, 0.25) is 0 Å². The molecule has 0 saturated heterocycles. The fourth-order valence-electron chi connectivity index (χ4n) is 1.11. The van der Waals surface area contributed by atoms with Gasteiger partial charge in [0.2, 0.25) is 5.91 Å². The molecule has 2 nitrogen and oxygen atoms in total. The standard InChI is InChI=1S/C9H13NO/c1-7-5-3-4-6-9(7)10-8(2)11/h3-4,6-7H,5H2,1-2H3,(H,10,11). The van der Waals surface area contributed by atoms with Crippen molar-refractivity contribution in [3.8, 4) is 0 Å². The van der Waals surface area contributed by atoms with Gasteiger partial charge in [-0.1, -0.05) is 19.1 Å². The van der Waals surface area contributed by atoms with Gasteiger partial charge in [0.25, 0.3) is 0 Å². The number of rotatable bonds is 1. The van der Waals surface area contributed by atoms with Crippen molar-refractivity contribution in [3.63, 3.8) is 0 Å². The molecular formula is C9H13NO. The summed E-state index contributed by atoms with van der Waals surface area (Å²) in [6, 6.07) is 0. The van der Waals surface area contributed by atoms with Crippen molar-refractivity contribution >= 4 is 5.91 Å². The predicted molar refractivity (Wildman–Crippen MR) is 44.8 cm³/mol. The normalized spacial score (nSPS) is 22.7. The Labute approximate surface area is 67.0 Å². The summed E-state index contributed by atoms with van der Waals surface area (Å²) in [4.78, 5) is 10.7. The van der Waals surface area contributed by atoms with Crippen molar-refractivity contribution in [2.45, 2.75) is 20.3 Å². The van der Waals surface area contributed by atoms with Crippen molar-refractivity contribution < 1.29 is 4.79 Å². The Morgan fingerprint density at radius 3 is 3.00 bits per heavy atom. The molecule has 1 aliphatic carbocycles. The lowest BCUT2D eigenvalue weighted by molar-refractivity contribution is -0.118. The maximum atomic E-state index is 10.7. The van der Waals surface area contributed by atoms with E-state index in [0.717, 1.165) is 12.1 Å². The quantitative estimate of drug-likeness (QED) is 0.606. The Kier molecular flexibility index (Phi) is 2.47. The van der Waals surface area contributed by atoms with Gasteiger partial charge < -0.3 is 5.32 Å². The van der Waals surface area contributed by atoms with Gasteiger partial charge in [0, 0.05) is 12.6 Å². The molecule has 0 aromatic heterocycles. The lowest BCUT2D eigenvalue weighted by atomic mass is 9.99. The summed E-state index contributed by atoms with van der Waals surface area (Å²) < 4.78 is 0. The molecule has 60 valence electrons. The number of carbonyl (C=O) groups is 1. The van der Waals surface area contributed by atoms with Crippen LogP contribution in [0.5, 0.6) is 0 Å². The van der Waals surface area contributed by atoms with Gasteiger partial charge in [0.15, 0.2) is 0 Å². The molecule has 0 fully saturated rings. The predicted octanol–water partition coefficient (Wildman–Crippen LogP) is 1.60. The Bertz CT molecular complexity index is 216. The van der Waals surface area contributed by atoms with E-state index in [0.29, 0.717) is 5.92 Å². The van der Waals surface area contributed by atoms with Crippen LogP contribution in [0.25, 0.3) is 0 Å². The highest BCUT2D eigenvalue weighted by Crippen LogP contribution is 2.16. The van der Waals surface area contributed by atoms with E-state index in [4.69, 9.17) is 0 Å². The Balaban J connectivity index is 2.61. The van der Waals surface area contributed by atoms with Crippen LogP contribution in [-0.2, 0) is 4.79 Å². The number of hydrogen-bond donors (Lipinski definition) is 1. The zero-order valence-electron chi connectivity index (χ0n) is 6.92. The minimum Gasteiger partial charge on any atom is -0.330 e. The van der Waals surface area contributed by atoms with Crippen molar-refractivity contribution in [2.75, 3.05) is 0 Å². The van der Waals surface area contributed by atoms with Gasteiger partial charge in [-0.05, 0) is 18.4 Å². The van der Waals surface area contributed by atoms with Gasteiger partial charge in [-0.2, -0.15) is 0 Å². The molecule has 0 spiro atoms. The monoisotopic (exact) mass is 151 g/mol. The highest BCUT2D eigenvalue weighted by Gasteiger charge is 2.09. The maximum Gasteiger partial charge on any atom is 0.221 e. The van der Waals surface area contributed by atoms with E-state index >= 15 is 0 Å². The second-order valence-electron chi connectivity index (χ2n) is 2.87. The van der Waals surface area contributed by atoms with E-state index in [1.54, 1.807) is 0 Å². The van der Waals surface area contributed by atoms with E-state index in [9.17, 15) is 4.79 Å². The van der Waals surface area contributed by atoms with Crippen LogP contribution >= 0.6 is 0 Å². The molecular weight excluding hydrogens is 138 g/mol. The average Bonchev–Trinajstić information content (AvgIpc) is 1.93. The zero-order chi connectivity index (χ0) is 8.27. The van der Waals surface area contributed by atoms with Crippen LogP contribution in [0.3, 0.4) is 0 Å². The van der Waals surface area contributed by atoms with Crippen molar-refractivity contribution in [1.29, 1.82) is 0 Å². The summed E-state index contributed by atoms with van der Waals surface area (Å²) in [6.07, 6.45) is 7.06. The van der Waals surface area contributed by atoms with E-state index in [-0.39, 0.29) is 5.91 Å². The van der Waals surface area contributed by atoms with Crippen molar-refractivity contribution in [2.24, 2.45) is 5.92 Å². The van der Waals surface area contributed by atoms with Crippen LogP contribution in [-0.4, -0.2) is 5.91 Å². The SMILES string of the molecule is CC(=O)NC1=CC=CCC1C. The molecule has 0 aliphatic heterocycles. The summed E-state index contributed by atoms with van der Waals surface area (Å²) in [5, 5.41) is 2.80. The third-order valence-electron chi connectivity index (χ3n) is 1.75. The second-order valence-corrected chi connectivity index (χ2v) is 2.87. The minimum atomic E-state index is 0.0124. The number of hydrogen-bond acceptors (Lipinski definition) is 1. The first kappa shape index (κ1) is 8.05. The second kappa shape index (κ2) is 3.37. The van der Waals surface area contributed by atoms with Crippen LogP contribution in [0.15, 0.2) is 23.9 Å². The van der Waals surface area contributed by atoms with Gasteiger partial charge in [-0.15, -0.1) is 0 Å². The average molecular weight is 151 g/mol. The molecule has 0 aromatic rings. The molecule has 2 heteroatoms. The fourth-order valence-corrected chi connectivity index (χ4v) is 1.11. The molecule has 0 aromatic carbocycles. The molecule has 1 N–H and O–H groups in total. The maximum absolute atomic E-state index is 10.7. The molecule has 0 saturated carbocycles. The minimum absolute atomic E-state index is 0.0124. The topological polar surface area (TPSA) is 29.1 Å². The van der Waals surface area contributed by atoms with E-state index in [1.807, 2.05) is 12.2 Å².